The van der Waals surface area contributed by atoms with Gasteiger partial charge in [0.25, 0.3) is 0 Å². The molecule has 0 aliphatic carbocycles. The van der Waals surface area contributed by atoms with E-state index in [9.17, 15) is 0 Å². The Balaban J connectivity index is 2.35. The van der Waals surface area contributed by atoms with E-state index in [1.54, 1.807) is 18.4 Å². The third-order valence-corrected chi connectivity index (χ3v) is 3.99. The molecule has 0 spiro atoms. The topological polar surface area (TPSA) is 22.1 Å². The molecular formula is C13H14ClNOS. The van der Waals surface area contributed by atoms with Gasteiger partial charge in [-0.3, -0.25) is 0 Å². The molecule has 0 aliphatic heterocycles. The van der Waals surface area contributed by atoms with Gasteiger partial charge < -0.3 is 4.74 Å². The number of aryl methyl sites for hydroxylation is 2. The van der Waals surface area contributed by atoms with Crippen LogP contribution in [0, 0.1) is 6.92 Å². The first kappa shape index (κ1) is 12.4. The second-order valence-electron chi connectivity index (χ2n) is 3.70. The zero-order valence-electron chi connectivity index (χ0n) is 9.87. The minimum Gasteiger partial charge on any atom is -0.497 e. The van der Waals surface area contributed by atoms with Crippen LogP contribution in [0.4, 0.5) is 0 Å². The molecule has 0 atom stereocenters. The molecule has 0 aliphatic rings. The number of methoxy groups -OCH3 is 1. The van der Waals surface area contributed by atoms with Crippen molar-refractivity contribution in [2.24, 2.45) is 0 Å². The fourth-order valence-electron chi connectivity index (χ4n) is 1.63. The molecule has 0 radical (unpaired) electrons. The van der Waals surface area contributed by atoms with Crippen LogP contribution in [-0.4, -0.2) is 18.0 Å². The van der Waals surface area contributed by atoms with Gasteiger partial charge in [-0.25, -0.2) is 4.98 Å². The maximum Gasteiger partial charge on any atom is 0.123 e. The van der Waals surface area contributed by atoms with Gasteiger partial charge in [0.15, 0.2) is 0 Å². The second kappa shape index (κ2) is 5.52. The molecule has 2 aromatic rings. The van der Waals surface area contributed by atoms with Gasteiger partial charge >= 0.3 is 0 Å². The van der Waals surface area contributed by atoms with Crippen molar-refractivity contribution in [3.05, 3.63) is 34.8 Å². The lowest BCUT2D eigenvalue weighted by atomic mass is 10.2. The summed E-state index contributed by atoms with van der Waals surface area (Å²) in [6, 6.07) is 7.96. The Bertz CT molecular complexity index is 510. The smallest absolute Gasteiger partial charge is 0.123 e. The molecule has 4 heteroatoms. The number of thiazole rings is 1. The molecule has 0 N–H and O–H groups in total. The van der Waals surface area contributed by atoms with Crippen molar-refractivity contribution in [3.63, 3.8) is 0 Å². The molecule has 2 rings (SSSR count). The average Bonchev–Trinajstić information content (AvgIpc) is 2.72. The van der Waals surface area contributed by atoms with E-state index in [4.69, 9.17) is 16.3 Å². The van der Waals surface area contributed by atoms with E-state index in [2.05, 4.69) is 4.98 Å². The molecule has 0 fully saturated rings. The highest BCUT2D eigenvalue weighted by Gasteiger charge is 2.09. The quantitative estimate of drug-likeness (QED) is 0.784. The lowest BCUT2D eigenvalue weighted by Crippen LogP contribution is -1.84. The van der Waals surface area contributed by atoms with Crippen molar-refractivity contribution in [3.8, 4) is 16.3 Å². The Morgan fingerprint density at radius 3 is 2.94 bits per heavy atom. The number of hydrogen-bond donors (Lipinski definition) is 0. The van der Waals surface area contributed by atoms with Crippen molar-refractivity contribution >= 4 is 22.9 Å². The molecule has 0 saturated heterocycles. The van der Waals surface area contributed by atoms with Crippen LogP contribution in [0.2, 0.25) is 0 Å². The van der Waals surface area contributed by atoms with Crippen molar-refractivity contribution in [2.45, 2.75) is 13.3 Å². The maximum atomic E-state index is 5.77. The number of rotatable bonds is 4. The third kappa shape index (κ3) is 2.79. The summed E-state index contributed by atoms with van der Waals surface area (Å²) in [5.41, 5.74) is 2.17. The standard InChI is InChI=1S/C13H14ClNOS/c1-9-12(6-7-14)17-13(15-9)10-4-3-5-11(8-10)16-2/h3-5,8H,6-7H2,1-2H3. The molecule has 17 heavy (non-hydrogen) atoms. The normalized spacial score (nSPS) is 10.5. The molecule has 0 bridgehead atoms. The van der Waals surface area contributed by atoms with Crippen LogP contribution in [0.5, 0.6) is 5.75 Å². The summed E-state index contributed by atoms with van der Waals surface area (Å²) in [7, 11) is 1.67. The van der Waals surface area contributed by atoms with Crippen LogP contribution in [-0.2, 0) is 6.42 Å². The summed E-state index contributed by atoms with van der Waals surface area (Å²) in [6.07, 6.45) is 0.884. The minimum atomic E-state index is 0.639. The first-order chi connectivity index (χ1) is 8.24. The number of benzene rings is 1. The molecule has 0 amide bonds. The summed E-state index contributed by atoms with van der Waals surface area (Å²) < 4.78 is 5.22. The zero-order chi connectivity index (χ0) is 12.3. The van der Waals surface area contributed by atoms with Gasteiger partial charge in [-0.15, -0.1) is 22.9 Å². The van der Waals surface area contributed by atoms with Crippen molar-refractivity contribution in [1.82, 2.24) is 4.98 Å². The van der Waals surface area contributed by atoms with Crippen LogP contribution >= 0.6 is 22.9 Å². The lowest BCUT2D eigenvalue weighted by Gasteiger charge is -2.00. The molecule has 0 saturated carbocycles. The lowest BCUT2D eigenvalue weighted by molar-refractivity contribution is 0.415. The van der Waals surface area contributed by atoms with Crippen LogP contribution in [0.25, 0.3) is 10.6 Å². The number of alkyl halides is 1. The maximum absolute atomic E-state index is 5.77. The van der Waals surface area contributed by atoms with Crippen LogP contribution in [0.15, 0.2) is 24.3 Å². The first-order valence-corrected chi connectivity index (χ1v) is 6.76. The van der Waals surface area contributed by atoms with E-state index < -0.39 is 0 Å². The third-order valence-electron chi connectivity index (χ3n) is 2.53. The number of hydrogen-bond acceptors (Lipinski definition) is 3. The Labute approximate surface area is 110 Å². The van der Waals surface area contributed by atoms with Crippen molar-refractivity contribution in [2.75, 3.05) is 13.0 Å². The van der Waals surface area contributed by atoms with Crippen LogP contribution in [0.1, 0.15) is 10.6 Å². The van der Waals surface area contributed by atoms with Gasteiger partial charge in [-0.05, 0) is 25.5 Å². The summed E-state index contributed by atoms with van der Waals surface area (Å²) in [4.78, 5) is 5.84. The SMILES string of the molecule is COc1cccc(-c2nc(C)c(CCCl)s2)c1. The molecule has 90 valence electrons. The second-order valence-corrected chi connectivity index (χ2v) is 5.16. The largest absolute Gasteiger partial charge is 0.497 e. The molecule has 1 heterocycles. The molecule has 2 nitrogen and oxygen atoms in total. The highest BCUT2D eigenvalue weighted by atomic mass is 35.5. The van der Waals surface area contributed by atoms with Crippen molar-refractivity contribution in [1.29, 1.82) is 0 Å². The number of ether oxygens (including phenoxy) is 1. The molecule has 1 aromatic heterocycles. The highest BCUT2D eigenvalue weighted by Crippen LogP contribution is 2.30. The average molecular weight is 268 g/mol. The molecule has 1 aromatic carbocycles. The molecular weight excluding hydrogens is 254 g/mol. The summed E-state index contributed by atoms with van der Waals surface area (Å²) in [5.74, 6) is 1.50. The van der Waals surface area contributed by atoms with Gasteiger partial charge in [-0.1, -0.05) is 12.1 Å². The number of aromatic nitrogens is 1. The Morgan fingerprint density at radius 2 is 2.24 bits per heavy atom. The van der Waals surface area contributed by atoms with Crippen LogP contribution in [0.3, 0.4) is 0 Å². The predicted octanol–water partition coefficient (Wildman–Crippen LogP) is 3.91. The first-order valence-electron chi connectivity index (χ1n) is 5.41. The van der Waals surface area contributed by atoms with E-state index in [1.165, 1.54) is 4.88 Å². The van der Waals surface area contributed by atoms with E-state index in [-0.39, 0.29) is 0 Å². The van der Waals surface area contributed by atoms with Gasteiger partial charge in [-0.2, -0.15) is 0 Å². The van der Waals surface area contributed by atoms with Gasteiger partial charge in [0.1, 0.15) is 10.8 Å². The Hall–Kier alpha value is -1.06. The molecule has 0 unspecified atom stereocenters. The fraction of sp³-hybridized carbons (Fsp3) is 0.308. The van der Waals surface area contributed by atoms with Crippen LogP contribution < -0.4 is 4.74 Å². The predicted molar refractivity (Wildman–Crippen MR) is 73.3 cm³/mol. The van der Waals surface area contributed by atoms with E-state index in [1.807, 2.05) is 31.2 Å². The highest BCUT2D eigenvalue weighted by molar-refractivity contribution is 7.15. The van der Waals surface area contributed by atoms with E-state index in [0.717, 1.165) is 28.4 Å². The summed E-state index contributed by atoms with van der Waals surface area (Å²) in [6.45, 7) is 2.03. The van der Waals surface area contributed by atoms with Gasteiger partial charge in [0, 0.05) is 16.3 Å². The van der Waals surface area contributed by atoms with Gasteiger partial charge in [0.05, 0.1) is 12.8 Å². The summed E-state index contributed by atoms with van der Waals surface area (Å²) >= 11 is 7.48. The Morgan fingerprint density at radius 1 is 1.41 bits per heavy atom. The Kier molecular flexibility index (Phi) is 4.02. The van der Waals surface area contributed by atoms with E-state index >= 15 is 0 Å². The number of nitrogens with zero attached hydrogens (tertiary/aromatic N) is 1. The number of halogens is 1. The van der Waals surface area contributed by atoms with Gasteiger partial charge in [0.2, 0.25) is 0 Å². The zero-order valence-corrected chi connectivity index (χ0v) is 11.4. The minimum absolute atomic E-state index is 0.639. The summed E-state index contributed by atoms with van der Waals surface area (Å²) in [5, 5.41) is 1.03. The monoisotopic (exact) mass is 267 g/mol. The van der Waals surface area contributed by atoms with E-state index in [0.29, 0.717) is 5.88 Å². The fourth-order valence-corrected chi connectivity index (χ4v) is 2.98. The van der Waals surface area contributed by atoms with Crippen molar-refractivity contribution < 1.29 is 4.74 Å².